The summed E-state index contributed by atoms with van der Waals surface area (Å²) in [5.41, 5.74) is 2.33. The van der Waals surface area contributed by atoms with Crippen LogP contribution in [0.1, 0.15) is 85.5 Å². The highest BCUT2D eigenvalue weighted by molar-refractivity contribution is 5.26. The first kappa shape index (κ1) is 20.2. The second kappa shape index (κ2) is 6.58. The van der Waals surface area contributed by atoms with Crippen LogP contribution >= 0.6 is 0 Å². The summed E-state index contributed by atoms with van der Waals surface area (Å²) in [7, 11) is 0. The highest BCUT2D eigenvalue weighted by Gasteiger charge is 2.68. The van der Waals surface area contributed by atoms with E-state index < -0.39 is 0 Å². The van der Waals surface area contributed by atoms with Crippen LogP contribution in [0.15, 0.2) is 11.6 Å². The largest absolute Gasteiger partial charge is 0.393 e. The Morgan fingerprint density at radius 1 is 1.07 bits per heavy atom. The molecule has 2 saturated heterocycles. The molecule has 6 aliphatic rings. The minimum absolute atomic E-state index is 0.0439. The summed E-state index contributed by atoms with van der Waals surface area (Å²) in [5, 5.41) is 14.1. The number of ether oxygens (including phenoxy) is 1. The molecule has 5 unspecified atom stereocenters. The molecule has 0 aromatic rings. The molecule has 6 rings (SSSR count). The van der Waals surface area contributed by atoms with E-state index in [0.29, 0.717) is 22.9 Å². The molecular weight excluding hydrogens is 370 g/mol. The normalized spacial score (nSPS) is 59.8. The lowest BCUT2D eigenvalue weighted by atomic mass is 9.47. The van der Waals surface area contributed by atoms with Crippen molar-refractivity contribution in [2.45, 2.75) is 103 Å². The van der Waals surface area contributed by atoms with Gasteiger partial charge in [-0.25, -0.2) is 0 Å². The van der Waals surface area contributed by atoms with Gasteiger partial charge >= 0.3 is 0 Å². The molecule has 5 fully saturated rings. The zero-order valence-corrected chi connectivity index (χ0v) is 19.6. The third-order valence-corrected chi connectivity index (χ3v) is 11.6. The van der Waals surface area contributed by atoms with Gasteiger partial charge in [-0.15, -0.1) is 0 Å². The van der Waals surface area contributed by atoms with Gasteiger partial charge in [0.25, 0.3) is 0 Å². The van der Waals surface area contributed by atoms with Crippen LogP contribution in [-0.2, 0) is 4.74 Å². The van der Waals surface area contributed by atoms with Crippen molar-refractivity contribution in [3.05, 3.63) is 11.6 Å². The molecule has 3 nitrogen and oxygen atoms in total. The number of allylic oxidation sites excluding steroid dienone is 1. The van der Waals surface area contributed by atoms with E-state index in [4.69, 9.17) is 4.74 Å². The summed E-state index contributed by atoms with van der Waals surface area (Å²) < 4.78 is 7.00. The second-order valence-electron chi connectivity index (χ2n) is 12.8. The standard InChI is InChI=1S/C27H43NO2/c1-16-7-12-27(28-15-16)17(2)24-23(30-27)14-22-20-6-5-18-13-19(29)8-10-25(18,3)21(20)9-11-26(22,24)4/h5,16-17,19-24,28-29H,6-15H2,1-4H3/t16-,17+,19+,20?,21?,22?,23?,24?,25+,26+,27-/m1/s1. The lowest BCUT2D eigenvalue weighted by molar-refractivity contribution is -0.115. The van der Waals surface area contributed by atoms with Crippen molar-refractivity contribution in [3.8, 4) is 0 Å². The summed E-state index contributed by atoms with van der Waals surface area (Å²) in [6.45, 7) is 11.2. The van der Waals surface area contributed by atoms with Gasteiger partial charge in [-0.05, 0) is 98.2 Å². The maximum Gasteiger partial charge on any atom is 0.122 e. The first-order chi connectivity index (χ1) is 14.3. The highest BCUT2D eigenvalue weighted by Crippen LogP contribution is 2.70. The Kier molecular flexibility index (Phi) is 4.44. The number of rotatable bonds is 0. The monoisotopic (exact) mass is 413 g/mol. The van der Waals surface area contributed by atoms with E-state index in [1.807, 2.05) is 0 Å². The van der Waals surface area contributed by atoms with Gasteiger partial charge in [0.1, 0.15) is 5.72 Å². The number of piperidine rings is 1. The fraction of sp³-hybridized carbons (Fsp3) is 0.926. The smallest absolute Gasteiger partial charge is 0.122 e. The van der Waals surface area contributed by atoms with Crippen molar-refractivity contribution in [3.63, 3.8) is 0 Å². The fourth-order valence-electron chi connectivity index (χ4n) is 9.84. The van der Waals surface area contributed by atoms with Crippen molar-refractivity contribution in [1.29, 1.82) is 0 Å². The van der Waals surface area contributed by atoms with Gasteiger partial charge in [0, 0.05) is 12.5 Å². The molecule has 0 aromatic heterocycles. The second-order valence-corrected chi connectivity index (χ2v) is 12.8. The van der Waals surface area contributed by atoms with Crippen LogP contribution in [0.4, 0.5) is 0 Å². The molecule has 0 aromatic carbocycles. The molecule has 3 saturated carbocycles. The Bertz CT molecular complexity index is 739. The summed E-state index contributed by atoms with van der Waals surface area (Å²) in [6.07, 6.45) is 13.8. The van der Waals surface area contributed by atoms with E-state index in [1.54, 1.807) is 5.57 Å². The summed E-state index contributed by atoms with van der Waals surface area (Å²) in [5.74, 6) is 4.58. The summed E-state index contributed by atoms with van der Waals surface area (Å²) in [4.78, 5) is 0. The van der Waals surface area contributed by atoms with Crippen LogP contribution < -0.4 is 5.32 Å². The molecular formula is C27H43NO2. The van der Waals surface area contributed by atoms with E-state index >= 15 is 0 Å². The van der Waals surface area contributed by atoms with Gasteiger partial charge in [-0.1, -0.05) is 39.3 Å². The molecule has 4 aliphatic carbocycles. The fourth-order valence-corrected chi connectivity index (χ4v) is 9.84. The minimum Gasteiger partial charge on any atom is -0.393 e. The van der Waals surface area contributed by atoms with Crippen LogP contribution in [0.25, 0.3) is 0 Å². The first-order valence-corrected chi connectivity index (χ1v) is 13.1. The van der Waals surface area contributed by atoms with Crippen LogP contribution in [0.2, 0.25) is 0 Å². The zero-order valence-electron chi connectivity index (χ0n) is 19.6. The maximum absolute atomic E-state index is 10.3. The van der Waals surface area contributed by atoms with Crippen molar-refractivity contribution in [2.24, 2.45) is 46.3 Å². The molecule has 2 heterocycles. The average molecular weight is 414 g/mol. The van der Waals surface area contributed by atoms with E-state index in [1.165, 1.54) is 44.9 Å². The first-order valence-electron chi connectivity index (χ1n) is 13.1. The van der Waals surface area contributed by atoms with Crippen molar-refractivity contribution < 1.29 is 9.84 Å². The van der Waals surface area contributed by atoms with Crippen LogP contribution in [-0.4, -0.2) is 29.6 Å². The summed E-state index contributed by atoms with van der Waals surface area (Å²) in [6, 6.07) is 0. The van der Waals surface area contributed by atoms with Crippen molar-refractivity contribution in [2.75, 3.05) is 6.54 Å². The molecule has 0 radical (unpaired) electrons. The number of aliphatic hydroxyl groups excluding tert-OH is 1. The van der Waals surface area contributed by atoms with E-state index in [0.717, 1.165) is 49.0 Å². The number of hydrogen-bond donors (Lipinski definition) is 2. The molecule has 168 valence electrons. The Labute approximate surface area is 183 Å². The number of nitrogens with one attached hydrogen (secondary N) is 1. The van der Waals surface area contributed by atoms with Crippen LogP contribution in [0.5, 0.6) is 0 Å². The maximum atomic E-state index is 10.3. The van der Waals surface area contributed by atoms with E-state index in [-0.39, 0.29) is 11.8 Å². The average Bonchev–Trinajstić information content (AvgIpc) is 3.16. The predicted molar refractivity (Wildman–Crippen MR) is 120 cm³/mol. The Morgan fingerprint density at radius 2 is 1.90 bits per heavy atom. The highest BCUT2D eigenvalue weighted by atomic mass is 16.5. The third-order valence-electron chi connectivity index (χ3n) is 11.6. The molecule has 0 bridgehead atoms. The Balaban J connectivity index is 1.28. The topological polar surface area (TPSA) is 41.5 Å². The van der Waals surface area contributed by atoms with E-state index in [2.05, 4.69) is 39.1 Å². The van der Waals surface area contributed by atoms with Gasteiger partial charge < -0.3 is 9.84 Å². The molecule has 30 heavy (non-hydrogen) atoms. The molecule has 2 N–H and O–H groups in total. The summed E-state index contributed by atoms with van der Waals surface area (Å²) >= 11 is 0. The molecule has 3 heteroatoms. The minimum atomic E-state index is -0.100. The van der Waals surface area contributed by atoms with Gasteiger partial charge in [-0.2, -0.15) is 0 Å². The van der Waals surface area contributed by atoms with Crippen molar-refractivity contribution >= 4 is 0 Å². The molecule has 2 aliphatic heterocycles. The molecule has 1 spiro atoms. The lowest BCUT2D eigenvalue weighted by Crippen LogP contribution is -2.57. The number of aliphatic hydroxyl groups is 1. The lowest BCUT2D eigenvalue weighted by Gasteiger charge is -2.58. The van der Waals surface area contributed by atoms with Crippen molar-refractivity contribution in [1.82, 2.24) is 5.32 Å². The number of hydrogen-bond acceptors (Lipinski definition) is 3. The van der Waals surface area contributed by atoms with Gasteiger partial charge in [-0.3, -0.25) is 5.32 Å². The Morgan fingerprint density at radius 3 is 2.67 bits per heavy atom. The van der Waals surface area contributed by atoms with Gasteiger partial charge in [0.2, 0.25) is 0 Å². The van der Waals surface area contributed by atoms with Gasteiger partial charge in [0.15, 0.2) is 0 Å². The SMILES string of the molecule is C[C@@H]1CC[C@@]2(NC1)OC1CC3C4CC=C5C[C@@H](O)CC[C@]5(C)C4CC[C@]3(C)C1[C@@H]2C. The zero-order chi connectivity index (χ0) is 20.9. The Hall–Kier alpha value is -0.380. The third kappa shape index (κ3) is 2.55. The number of fused-ring (bicyclic) bond motifs is 7. The quantitative estimate of drug-likeness (QED) is 0.530. The van der Waals surface area contributed by atoms with Crippen LogP contribution in [0, 0.1) is 46.3 Å². The molecule has 0 amide bonds. The van der Waals surface area contributed by atoms with E-state index in [9.17, 15) is 5.11 Å². The molecule has 11 atom stereocenters. The van der Waals surface area contributed by atoms with Crippen LogP contribution in [0.3, 0.4) is 0 Å². The van der Waals surface area contributed by atoms with Gasteiger partial charge in [0.05, 0.1) is 12.2 Å². The predicted octanol–water partition coefficient (Wildman–Crippen LogP) is 5.29.